The zero-order chi connectivity index (χ0) is 17.9. The van der Waals surface area contributed by atoms with Crippen LogP contribution in [0.1, 0.15) is 51.8 Å². The molecular weight excluding hydrogens is 324 g/mol. The highest BCUT2D eigenvalue weighted by Crippen LogP contribution is 2.33. The average molecular weight is 347 g/mol. The highest BCUT2D eigenvalue weighted by molar-refractivity contribution is 6.21. The third-order valence-corrected chi connectivity index (χ3v) is 4.41. The number of benzene rings is 2. The van der Waals surface area contributed by atoms with Crippen molar-refractivity contribution in [2.45, 2.75) is 45.6 Å². The molecule has 0 radical (unpaired) electrons. The number of aromatic hydroxyl groups is 1. The molecule has 24 heavy (non-hydrogen) atoms. The second-order valence-electron chi connectivity index (χ2n) is 6.23. The maximum atomic E-state index is 12.3. The first-order valence-corrected chi connectivity index (χ1v) is 8.47. The van der Waals surface area contributed by atoms with Gasteiger partial charge in [0.05, 0.1) is 11.5 Å². The van der Waals surface area contributed by atoms with E-state index >= 15 is 0 Å². The Bertz CT molecular complexity index is 723. The van der Waals surface area contributed by atoms with Gasteiger partial charge in [0, 0.05) is 0 Å². The van der Waals surface area contributed by atoms with Crippen LogP contribution in [0.4, 0.5) is 0 Å². The Balaban J connectivity index is 2.38. The molecule has 1 N–H and O–H groups in total. The van der Waals surface area contributed by atoms with Crippen LogP contribution in [0.15, 0.2) is 36.4 Å². The molecule has 1 unspecified atom stereocenters. The van der Waals surface area contributed by atoms with Gasteiger partial charge in [-0.05, 0) is 62.4 Å². The number of carbonyl (C=O) groups is 1. The number of carbonyl (C=O) groups excluding carboxylic acids is 1. The van der Waals surface area contributed by atoms with Gasteiger partial charge in [0.1, 0.15) is 11.3 Å². The fourth-order valence-electron chi connectivity index (χ4n) is 2.81. The Morgan fingerprint density at radius 2 is 1.83 bits per heavy atom. The van der Waals surface area contributed by atoms with Crippen molar-refractivity contribution in [1.29, 1.82) is 0 Å². The van der Waals surface area contributed by atoms with Crippen LogP contribution in [0.3, 0.4) is 0 Å². The monoisotopic (exact) mass is 346 g/mol. The molecule has 0 bridgehead atoms. The van der Waals surface area contributed by atoms with E-state index in [2.05, 4.69) is 0 Å². The number of ether oxygens (including phenoxy) is 1. The summed E-state index contributed by atoms with van der Waals surface area (Å²) in [6.07, 6.45) is 0.331. The number of rotatable bonds is 5. The summed E-state index contributed by atoms with van der Waals surface area (Å²) < 4.78 is 5.25. The minimum absolute atomic E-state index is 0.0507. The van der Waals surface area contributed by atoms with Crippen molar-refractivity contribution in [2.24, 2.45) is 0 Å². The quantitative estimate of drug-likeness (QED) is 0.605. The highest BCUT2D eigenvalue weighted by atomic mass is 35.5. The van der Waals surface area contributed by atoms with Gasteiger partial charge in [-0.2, -0.15) is 0 Å². The van der Waals surface area contributed by atoms with Crippen molar-refractivity contribution in [2.75, 3.05) is 0 Å². The summed E-state index contributed by atoms with van der Waals surface area (Å²) >= 11 is 6.56. The smallest absolute Gasteiger partial charge is 0.342 e. The summed E-state index contributed by atoms with van der Waals surface area (Å²) in [5.74, 6) is -0.558. The number of aryl methyl sites for hydroxylation is 1. The van der Waals surface area contributed by atoms with E-state index in [-0.39, 0.29) is 22.8 Å². The average Bonchev–Trinajstić information content (AvgIpc) is 2.51. The van der Waals surface area contributed by atoms with Crippen LogP contribution < -0.4 is 0 Å². The molecule has 2 aromatic carbocycles. The summed E-state index contributed by atoms with van der Waals surface area (Å²) in [4.78, 5) is 12.3. The van der Waals surface area contributed by atoms with Gasteiger partial charge >= 0.3 is 5.97 Å². The Hall–Kier alpha value is -2.00. The molecule has 0 saturated heterocycles. The summed E-state index contributed by atoms with van der Waals surface area (Å²) in [6, 6.07) is 11.4. The van der Waals surface area contributed by atoms with Crippen LogP contribution >= 0.6 is 11.6 Å². The Kier molecular flexibility index (Phi) is 5.89. The predicted octanol–water partition coefficient (Wildman–Crippen LogP) is 5.10. The van der Waals surface area contributed by atoms with Crippen molar-refractivity contribution in [1.82, 2.24) is 0 Å². The van der Waals surface area contributed by atoms with Crippen LogP contribution in [-0.4, -0.2) is 17.2 Å². The molecule has 0 aliphatic heterocycles. The standard InChI is InChI=1S/C20H23ClO3/c1-12(2)24-20(23)19-14(4)16(13(3)10-18(19)22)11-17(21)15-8-6-5-7-9-15/h5-10,12,17,22H,11H2,1-4H3. The molecule has 1 atom stereocenters. The molecular formula is C20H23ClO3. The van der Waals surface area contributed by atoms with Crippen molar-refractivity contribution in [3.63, 3.8) is 0 Å². The van der Waals surface area contributed by atoms with Crippen molar-refractivity contribution >= 4 is 17.6 Å². The Morgan fingerprint density at radius 3 is 2.42 bits per heavy atom. The third kappa shape index (κ3) is 4.09. The number of phenolic OH excluding ortho intramolecular Hbond substituents is 1. The number of phenols is 1. The van der Waals surface area contributed by atoms with Gasteiger partial charge in [-0.15, -0.1) is 11.6 Å². The molecule has 0 aromatic heterocycles. The molecule has 0 aliphatic carbocycles. The van der Waals surface area contributed by atoms with Gasteiger partial charge in [-0.25, -0.2) is 4.79 Å². The van der Waals surface area contributed by atoms with E-state index in [1.54, 1.807) is 19.9 Å². The second kappa shape index (κ2) is 7.71. The van der Waals surface area contributed by atoms with Gasteiger partial charge in [0.25, 0.3) is 0 Å². The molecule has 128 valence electrons. The van der Waals surface area contributed by atoms with Crippen LogP contribution in [0, 0.1) is 13.8 Å². The van der Waals surface area contributed by atoms with Crippen molar-refractivity contribution < 1.29 is 14.6 Å². The van der Waals surface area contributed by atoms with E-state index in [9.17, 15) is 9.90 Å². The van der Waals surface area contributed by atoms with E-state index in [0.717, 1.165) is 22.3 Å². The number of halogens is 1. The lowest BCUT2D eigenvalue weighted by atomic mass is 9.92. The summed E-state index contributed by atoms with van der Waals surface area (Å²) in [5.41, 5.74) is 3.85. The molecule has 0 spiro atoms. The maximum absolute atomic E-state index is 12.3. The van der Waals surface area contributed by atoms with Crippen LogP contribution in [-0.2, 0) is 11.2 Å². The van der Waals surface area contributed by atoms with Crippen LogP contribution in [0.25, 0.3) is 0 Å². The van der Waals surface area contributed by atoms with Crippen molar-refractivity contribution in [3.05, 3.63) is 64.2 Å². The molecule has 4 heteroatoms. The number of esters is 1. The SMILES string of the molecule is Cc1cc(O)c(C(=O)OC(C)C)c(C)c1CC(Cl)c1ccccc1. The zero-order valence-corrected chi connectivity index (χ0v) is 15.2. The lowest BCUT2D eigenvalue weighted by Crippen LogP contribution is -2.15. The first-order valence-electron chi connectivity index (χ1n) is 8.03. The third-order valence-electron chi connectivity index (χ3n) is 4.00. The van der Waals surface area contributed by atoms with Gasteiger partial charge in [0.2, 0.25) is 0 Å². The zero-order valence-electron chi connectivity index (χ0n) is 14.5. The molecule has 0 fully saturated rings. The minimum Gasteiger partial charge on any atom is -0.507 e. The first-order chi connectivity index (χ1) is 11.3. The fourth-order valence-corrected chi connectivity index (χ4v) is 3.11. The summed E-state index contributed by atoms with van der Waals surface area (Å²) in [7, 11) is 0. The largest absolute Gasteiger partial charge is 0.507 e. The number of hydrogen-bond acceptors (Lipinski definition) is 3. The van der Waals surface area contributed by atoms with E-state index in [1.807, 2.05) is 44.2 Å². The molecule has 2 aromatic rings. The molecule has 0 aliphatic rings. The Labute approximate surface area is 148 Å². The fraction of sp³-hybridized carbons (Fsp3) is 0.350. The van der Waals surface area contributed by atoms with E-state index in [4.69, 9.17) is 16.3 Å². The van der Waals surface area contributed by atoms with Crippen LogP contribution in [0.5, 0.6) is 5.75 Å². The lowest BCUT2D eigenvalue weighted by molar-refractivity contribution is 0.0373. The topological polar surface area (TPSA) is 46.5 Å². The predicted molar refractivity (Wildman–Crippen MR) is 96.9 cm³/mol. The van der Waals surface area contributed by atoms with E-state index in [0.29, 0.717) is 6.42 Å². The summed E-state index contributed by atoms with van der Waals surface area (Å²) in [5, 5.41) is 9.99. The van der Waals surface area contributed by atoms with Gasteiger partial charge in [0.15, 0.2) is 0 Å². The molecule has 0 heterocycles. The van der Waals surface area contributed by atoms with Gasteiger partial charge < -0.3 is 9.84 Å². The summed E-state index contributed by atoms with van der Waals surface area (Å²) in [6.45, 7) is 7.30. The van der Waals surface area contributed by atoms with E-state index in [1.165, 1.54) is 0 Å². The second-order valence-corrected chi connectivity index (χ2v) is 6.75. The lowest BCUT2D eigenvalue weighted by Gasteiger charge is -2.19. The number of hydrogen-bond donors (Lipinski definition) is 1. The molecule has 0 amide bonds. The molecule has 3 nitrogen and oxygen atoms in total. The van der Waals surface area contributed by atoms with Crippen LogP contribution in [0.2, 0.25) is 0 Å². The van der Waals surface area contributed by atoms with Gasteiger partial charge in [-0.1, -0.05) is 30.3 Å². The number of alkyl halides is 1. The first kappa shape index (κ1) is 18.3. The van der Waals surface area contributed by atoms with Crippen molar-refractivity contribution in [3.8, 4) is 5.75 Å². The molecule has 2 rings (SSSR count). The normalized spacial score (nSPS) is 12.2. The maximum Gasteiger partial charge on any atom is 0.342 e. The Morgan fingerprint density at radius 1 is 1.21 bits per heavy atom. The van der Waals surface area contributed by atoms with E-state index < -0.39 is 5.97 Å². The minimum atomic E-state index is -0.507. The van der Waals surface area contributed by atoms with Gasteiger partial charge in [-0.3, -0.25) is 0 Å². The highest BCUT2D eigenvalue weighted by Gasteiger charge is 2.22. The molecule has 0 saturated carbocycles.